The maximum absolute atomic E-state index is 14.2. The van der Waals surface area contributed by atoms with Crippen LogP contribution >= 0.6 is 23.5 Å². The first-order chi connectivity index (χ1) is 61.4. The van der Waals surface area contributed by atoms with Gasteiger partial charge >= 0.3 is 20.6 Å². The van der Waals surface area contributed by atoms with Gasteiger partial charge in [0.2, 0.25) is 71.0 Å². The fraction of sp³-hybridized carbons (Fsp3) is 0.817. The quantitative estimate of drug-likeness (QED) is 0.0193. The van der Waals surface area contributed by atoms with E-state index in [2.05, 4.69) is 75.7 Å². The SMILES string of the molecule is CCO[Si](C)(CCCCC(=O)CCCOCCOCCNC(=O)C1CCN(c2nc(N3CCC(NC(=O)C(CCC(=O)NCCS(=O)(=O)O)NC(=O)CCCCCNC(=O)CCCCC4SC[C@H]5NC(=O)N[C@@H]45)CC3)nc(N3CCC(NC(=O)C(CCC(=O)NCCS(=O)(=O)O)NC(=O)CCCCCNC(=O)CCCC[C@@H]4SC[C@@H]5NC(=O)N[C@@H]54)CC3)n2)CC1)OCC. The van der Waals surface area contributed by atoms with Crippen LogP contribution in [-0.4, -0.2) is 314 Å². The second kappa shape index (κ2) is 56.3. The molecule has 0 spiro atoms. The smallest absolute Gasteiger partial charge is 0.334 e. The van der Waals surface area contributed by atoms with Crippen molar-refractivity contribution in [3.05, 3.63) is 0 Å². The zero-order valence-corrected chi connectivity index (χ0v) is 79.0. The molecular weight excluding hydrogens is 1760 g/mol. The monoisotopic (exact) mass is 1900 g/mol. The number of piperidine rings is 3. The van der Waals surface area contributed by atoms with Gasteiger partial charge in [0, 0.05) is 183 Å². The van der Waals surface area contributed by atoms with E-state index in [4.69, 9.17) is 33.3 Å². The first-order valence-corrected chi connectivity index (χ1v) is 54.0. The zero-order chi connectivity index (χ0) is 92.3. The third-order valence-corrected chi connectivity index (χ3v) is 31.4. The van der Waals surface area contributed by atoms with E-state index >= 15 is 0 Å². The molecule has 8 atom stereocenters. The lowest BCUT2D eigenvalue weighted by Crippen LogP contribution is -2.53. The highest BCUT2D eigenvalue weighted by Crippen LogP contribution is 2.35. The fourth-order valence-electron chi connectivity index (χ4n) is 16.7. The van der Waals surface area contributed by atoms with Crippen molar-refractivity contribution in [3.63, 3.8) is 0 Å². The first kappa shape index (κ1) is 106. The Labute approximate surface area is 762 Å². The van der Waals surface area contributed by atoms with Gasteiger partial charge in [0.1, 0.15) is 17.9 Å². The fourth-order valence-corrected chi connectivity index (χ4v) is 23.0. The van der Waals surface area contributed by atoms with Crippen molar-refractivity contribution in [2.75, 3.05) is 149 Å². The van der Waals surface area contributed by atoms with E-state index in [1.807, 2.05) is 52.1 Å². The van der Waals surface area contributed by atoms with Crippen LogP contribution in [0.4, 0.5) is 27.4 Å². The molecule has 0 aromatic carbocycles. The van der Waals surface area contributed by atoms with Crippen LogP contribution in [0, 0.1) is 5.92 Å². The van der Waals surface area contributed by atoms with Crippen LogP contribution in [-0.2, 0) is 86.5 Å². The molecule has 8 rings (SSSR count). The van der Waals surface area contributed by atoms with Gasteiger partial charge in [-0.3, -0.25) is 57.1 Å². The molecule has 3 unspecified atom stereocenters. The van der Waals surface area contributed by atoms with Crippen molar-refractivity contribution in [2.45, 2.75) is 284 Å². The number of urea groups is 2. The van der Waals surface area contributed by atoms with E-state index in [0.717, 1.165) is 68.9 Å². The molecule has 15 N–H and O–H groups in total. The lowest BCUT2D eigenvalue weighted by Gasteiger charge is -2.36. The summed E-state index contributed by atoms with van der Waals surface area (Å²) in [5.74, 6) is -2.07. The molecule has 724 valence electrons. The van der Waals surface area contributed by atoms with Crippen molar-refractivity contribution in [1.29, 1.82) is 0 Å². The second-order valence-electron chi connectivity index (χ2n) is 34.0. The van der Waals surface area contributed by atoms with E-state index in [9.17, 15) is 83.5 Å². The predicted octanol–water partition coefficient (Wildman–Crippen LogP) is 2.41. The zero-order valence-electron chi connectivity index (χ0n) is 74.7. The number of anilines is 3. The number of hydrogen-bond donors (Lipinski definition) is 15. The minimum Gasteiger partial charge on any atom is -0.395 e. The second-order valence-corrected chi connectivity index (χ2v) is 43.1. The lowest BCUT2D eigenvalue weighted by molar-refractivity contribution is -0.130. The summed E-state index contributed by atoms with van der Waals surface area (Å²) >= 11 is 3.67. The first-order valence-electron chi connectivity index (χ1n) is 46.2. The summed E-state index contributed by atoms with van der Waals surface area (Å²) in [4.78, 5) is 177. The number of ether oxygens (including phenoxy) is 2. The molecule has 7 aliphatic heterocycles. The molecule has 0 aliphatic carbocycles. The summed E-state index contributed by atoms with van der Waals surface area (Å²) in [6.45, 7) is 11.3. The molecule has 46 heteroatoms. The average Bonchev–Trinajstić information content (AvgIpc) is 1.45. The van der Waals surface area contributed by atoms with Crippen molar-refractivity contribution < 1.29 is 102 Å². The van der Waals surface area contributed by atoms with E-state index in [-0.39, 0.29) is 124 Å². The number of Topliss-reactive ketones (excluding diaryl/α,β-unsaturated/α-hetero) is 1. The third kappa shape index (κ3) is 40.2. The minimum absolute atomic E-state index is 0.0571. The standard InChI is InChI=1S/C82H141N19O22S4Si/c1-4-122-128(3,123-5-2)54-17-14-19-60(102)20-18-48-120-50-51-121-49-39-87-75(109)57-31-42-99(43-32-57)78-96-79(100-44-33-58(34-45-100)88-76(110)61(27-29-69(105)85-40-52-126(114,115)116)90-71(107)25-8-6-15-37-83-67(103)23-12-10-21-65-73-63(55-124-65)92-81(112)94-73)98-80(97-78)101-46-35-59(36-47-101)89-77(111)62(28-30-70(106)86-41-53-127(117,118)119)91-72(108)26-9-7-16-38-84-68(104)24-13-11-22-66-74-64(56-125-66)93-82(113)95-74/h57-59,61-66,73-74H,4-56H2,1-3H3,(H,83,103)(H,84,104)(H,85,105)(H,86,106)(H,87,109)(H,88,110)(H,89,111)(H,90,107)(H,91,108)(H2,92,94,112)(H2,93,95,113)(H,114,115,116)(H,117,118,119)/t61?,62?,63-,64+,65-,66?,73-,74+/m0/s1. The number of fused-ring (bicyclic) bond motifs is 2. The number of ketones is 1. The van der Waals surface area contributed by atoms with Gasteiger partial charge in [-0.15, -0.1) is 0 Å². The third-order valence-electron chi connectivity index (χ3n) is 23.8. The number of hydrogen-bond acceptors (Lipinski definition) is 28. The highest BCUT2D eigenvalue weighted by molar-refractivity contribution is 8.00. The Morgan fingerprint density at radius 2 is 0.844 bits per heavy atom. The minimum atomic E-state index is -4.37. The number of nitrogens with zero attached hydrogens (tertiary/aromatic N) is 6. The predicted molar refractivity (Wildman–Crippen MR) is 486 cm³/mol. The Hall–Kier alpha value is -7.57. The van der Waals surface area contributed by atoms with E-state index in [0.29, 0.717) is 229 Å². The van der Waals surface area contributed by atoms with Gasteiger partial charge in [-0.2, -0.15) is 55.3 Å². The van der Waals surface area contributed by atoms with Gasteiger partial charge in [-0.1, -0.05) is 32.1 Å². The van der Waals surface area contributed by atoms with E-state index < -0.39 is 99.9 Å². The van der Waals surface area contributed by atoms with Gasteiger partial charge in [-0.05, 0) is 142 Å². The number of carbonyl (C=O) groups excluding carboxylic acids is 12. The number of amides is 13. The van der Waals surface area contributed by atoms with E-state index in [1.54, 1.807) is 0 Å². The Balaban J connectivity index is 0.825. The summed E-state index contributed by atoms with van der Waals surface area (Å²) in [5, 5.41) is 38.0. The molecule has 7 saturated heterocycles. The van der Waals surface area contributed by atoms with Crippen LogP contribution in [0.3, 0.4) is 0 Å². The van der Waals surface area contributed by atoms with Crippen molar-refractivity contribution in [3.8, 4) is 0 Å². The van der Waals surface area contributed by atoms with Gasteiger partial charge < -0.3 is 102 Å². The number of rotatable bonds is 63. The molecular formula is C82H141N19O22S4Si. The Morgan fingerprint density at radius 3 is 1.28 bits per heavy atom. The molecule has 8 heterocycles. The average molecular weight is 1900 g/mol. The molecule has 7 fully saturated rings. The lowest BCUT2D eigenvalue weighted by atomic mass is 9.96. The number of thioether (sulfide) groups is 2. The number of aromatic nitrogens is 3. The molecule has 0 saturated carbocycles. The van der Waals surface area contributed by atoms with Crippen LogP contribution in [0.25, 0.3) is 0 Å². The van der Waals surface area contributed by atoms with Crippen LogP contribution in [0.15, 0.2) is 0 Å². The number of unbranched alkanes of at least 4 members (excludes halogenated alkanes) is 7. The molecule has 1 aromatic heterocycles. The molecule has 0 radical (unpaired) electrons. The molecule has 0 bridgehead atoms. The van der Waals surface area contributed by atoms with Gasteiger partial charge in [0.05, 0.1) is 55.5 Å². The van der Waals surface area contributed by atoms with Crippen LogP contribution in [0.5, 0.6) is 0 Å². The number of nitrogens with one attached hydrogen (secondary N) is 13. The summed E-state index contributed by atoms with van der Waals surface area (Å²) in [5.41, 5.74) is 0. The largest absolute Gasteiger partial charge is 0.395 e. The normalized spacial score (nSPS) is 20.2. The molecule has 1 aromatic rings. The Morgan fingerprint density at radius 1 is 0.453 bits per heavy atom. The van der Waals surface area contributed by atoms with Crippen molar-refractivity contribution in [1.82, 2.24) is 84.1 Å². The highest BCUT2D eigenvalue weighted by Gasteiger charge is 2.44. The Kier molecular flexibility index (Phi) is 46.6. The number of carbonyl (C=O) groups is 12. The van der Waals surface area contributed by atoms with Crippen molar-refractivity contribution in [2.24, 2.45) is 5.92 Å². The van der Waals surface area contributed by atoms with Crippen LogP contribution < -0.4 is 83.8 Å². The molecule has 41 nitrogen and oxygen atoms in total. The van der Waals surface area contributed by atoms with Crippen LogP contribution in [0.1, 0.15) is 213 Å². The summed E-state index contributed by atoms with van der Waals surface area (Å²) in [6.07, 6.45) is 14.2. The maximum atomic E-state index is 14.2. The highest BCUT2D eigenvalue weighted by atomic mass is 32.2. The van der Waals surface area contributed by atoms with Crippen LogP contribution in [0.2, 0.25) is 12.6 Å². The van der Waals surface area contributed by atoms with E-state index in [1.165, 1.54) is 0 Å². The van der Waals surface area contributed by atoms with Gasteiger partial charge in [0.25, 0.3) is 20.2 Å². The molecule has 13 amide bonds. The molecule has 128 heavy (non-hydrogen) atoms. The Bertz CT molecular complexity index is 3760. The molecule has 7 aliphatic rings. The maximum Gasteiger partial charge on any atom is 0.334 e. The summed E-state index contributed by atoms with van der Waals surface area (Å²) in [7, 11) is -10.9. The van der Waals surface area contributed by atoms with Crippen molar-refractivity contribution >= 4 is 141 Å². The topological polar surface area (TPSA) is 555 Å². The summed E-state index contributed by atoms with van der Waals surface area (Å²) in [6, 6.07) is -2.01. The summed E-state index contributed by atoms with van der Waals surface area (Å²) < 4.78 is 87.3. The van der Waals surface area contributed by atoms with Gasteiger partial charge in [-0.25, -0.2) is 9.59 Å². The van der Waals surface area contributed by atoms with Gasteiger partial charge in [0.15, 0.2) is 0 Å².